The maximum absolute atomic E-state index is 12.2. The summed E-state index contributed by atoms with van der Waals surface area (Å²) >= 11 is 0. The zero-order chi connectivity index (χ0) is 22.8. The average Bonchev–Trinajstić information content (AvgIpc) is 3.29. The standard InChI is InChI=1S/C24H27N7O2/c1-3-31-22(21-18-9-5-6-10-19(18)23(32)27-25-21)26-28-24(31)29(2)16-17-8-4-7-11-20(17)30-12-14-33-15-13-30/h4-11H,3,12-16H2,1-2H3,(H,27,32). The minimum Gasteiger partial charge on any atom is -0.378 e. The molecule has 0 amide bonds. The molecule has 2 aromatic carbocycles. The van der Waals surface area contributed by atoms with E-state index in [4.69, 9.17) is 4.74 Å². The fraction of sp³-hybridized carbons (Fsp3) is 0.333. The van der Waals surface area contributed by atoms with Crippen LogP contribution in [0.3, 0.4) is 0 Å². The molecule has 1 saturated heterocycles. The van der Waals surface area contributed by atoms with Crippen LogP contribution in [0.25, 0.3) is 22.3 Å². The zero-order valence-electron chi connectivity index (χ0n) is 18.9. The minimum atomic E-state index is -0.214. The van der Waals surface area contributed by atoms with Crippen molar-refractivity contribution in [1.82, 2.24) is 25.0 Å². The van der Waals surface area contributed by atoms with Gasteiger partial charge in [0.1, 0.15) is 5.69 Å². The molecular formula is C24H27N7O2. The van der Waals surface area contributed by atoms with Gasteiger partial charge in [0.05, 0.1) is 18.6 Å². The maximum Gasteiger partial charge on any atom is 0.272 e. The monoisotopic (exact) mass is 445 g/mol. The largest absolute Gasteiger partial charge is 0.378 e. The minimum absolute atomic E-state index is 0.214. The Morgan fingerprint density at radius 2 is 1.76 bits per heavy atom. The van der Waals surface area contributed by atoms with Crippen molar-refractivity contribution >= 4 is 22.4 Å². The number of fused-ring (bicyclic) bond motifs is 1. The van der Waals surface area contributed by atoms with Gasteiger partial charge < -0.3 is 14.5 Å². The van der Waals surface area contributed by atoms with Crippen molar-refractivity contribution in [3.05, 3.63) is 64.4 Å². The van der Waals surface area contributed by atoms with E-state index in [0.29, 0.717) is 30.0 Å². The number of ether oxygens (including phenoxy) is 1. The van der Waals surface area contributed by atoms with Gasteiger partial charge >= 0.3 is 0 Å². The topological polar surface area (TPSA) is 92.2 Å². The van der Waals surface area contributed by atoms with Gasteiger partial charge in [0, 0.05) is 44.3 Å². The highest BCUT2D eigenvalue weighted by Gasteiger charge is 2.21. The molecule has 9 heteroatoms. The first kappa shape index (κ1) is 21.1. The molecule has 0 aliphatic carbocycles. The Bertz CT molecular complexity index is 1320. The molecule has 1 aliphatic rings. The van der Waals surface area contributed by atoms with Gasteiger partial charge in [0.15, 0.2) is 5.82 Å². The van der Waals surface area contributed by atoms with E-state index in [1.807, 2.05) is 29.8 Å². The van der Waals surface area contributed by atoms with Crippen LogP contribution in [0.1, 0.15) is 12.5 Å². The molecule has 5 rings (SSSR count). The molecule has 1 fully saturated rings. The predicted molar refractivity (Wildman–Crippen MR) is 129 cm³/mol. The second kappa shape index (κ2) is 9.03. The molecule has 3 heterocycles. The molecule has 0 spiro atoms. The molecule has 170 valence electrons. The molecule has 0 atom stereocenters. The number of rotatable bonds is 6. The van der Waals surface area contributed by atoms with Crippen molar-refractivity contribution in [3.63, 3.8) is 0 Å². The summed E-state index contributed by atoms with van der Waals surface area (Å²) in [6.45, 7) is 6.69. The molecule has 2 aromatic heterocycles. The number of benzene rings is 2. The number of nitrogens with zero attached hydrogens (tertiary/aromatic N) is 6. The van der Waals surface area contributed by atoms with E-state index < -0.39 is 0 Å². The van der Waals surface area contributed by atoms with Gasteiger partial charge in [-0.25, -0.2) is 5.10 Å². The number of aromatic amines is 1. The molecule has 9 nitrogen and oxygen atoms in total. The third kappa shape index (κ3) is 3.95. The highest BCUT2D eigenvalue weighted by atomic mass is 16.5. The highest BCUT2D eigenvalue weighted by molar-refractivity contribution is 5.92. The van der Waals surface area contributed by atoms with Gasteiger partial charge in [-0.2, -0.15) is 5.10 Å². The fourth-order valence-electron chi connectivity index (χ4n) is 4.41. The number of aromatic nitrogens is 5. The van der Waals surface area contributed by atoms with Crippen LogP contribution in [-0.4, -0.2) is 58.3 Å². The van der Waals surface area contributed by atoms with Crippen molar-refractivity contribution < 1.29 is 4.74 Å². The lowest BCUT2D eigenvalue weighted by Crippen LogP contribution is -2.37. The van der Waals surface area contributed by atoms with Crippen LogP contribution >= 0.6 is 0 Å². The predicted octanol–water partition coefficient (Wildman–Crippen LogP) is 2.67. The first-order valence-corrected chi connectivity index (χ1v) is 11.2. The van der Waals surface area contributed by atoms with Crippen LogP contribution in [0.4, 0.5) is 11.6 Å². The Morgan fingerprint density at radius 1 is 1.03 bits per heavy atom. The number of para-hydroxylation sites is 1. The Labute approximate surface area is 191 Å². The average molecular weight is 446 g/mol. The summed E-state index contributed by atoms with van der Waals surface area (Å²) in [6, 6.07) is 15.9. The summed E-state index contributed by atoms with van der Waals surface area (Å²) < 4.78 is 7.55. The zero-order valence-corrected chi connectivity index (χ0v) is 18.9. The van der Waals surface area contributed by atoms with Crippen LogP contribution in [0.5, 0.6) is 0 Å². The summed E-state index contributed by atoms with van der Waals surface area (Å²) in [6.07, 6.45) is 0. The number of hydrogen-bond donors (Lipinski definition) is 1. The van der Waals surface area contributed by atoms with E-state index >= 15 is 0 Å². The smallest absolute Gasteiger partial charge is 0.272 e. The first-order chi connectivity index (χ1) is 16.2. The molecule has 0 bridgehead atoms. The second-order valence-corrected chi connectivity index (χ2v) is 8.10. The highest BCUT2D eigenvalue weighted by Crippen LogP contribution is 2.28. The number of nitrogens with one attached hydrogen (secondary N) is 1. The Balaban J connectivity index is 1.49. The van der Waals surface area contributed by atoms with Crippen LogP contribution in [0, 0.1) is 0 Å². The molecule has 4 aromatic rings. The third-order valence-corrected chi connectivity index (χ3v) is 6.05. The lowest BCUT2D eigenvalue weighted by Gasteiger charge is -2.31. The van der Waals surface area contributed by atoms with Gasteiger partial charge in [0.25, 0.3) is 5.56 Å². The Kier molecular flexibility index (Phi) is 5.78. The van der Waals surface area contributed by atoms with E-state index in [0.717, 1.165) is 37.6 Å². The van der Waals surface area contributed by atoms with Gasteiger partial charge in [-0.1, -0.05) is 36.4 Å². The molecular weight excluding hydrogens is 418 g/mol. The first-order valence-electron chi connectivity index (χ1n) is 11.2. The lowest BCUT2D eigenvalue weighted by atomic mass is 10.1. The van der Waals surface area contributed by atoms with E-state index in [-0.39, 0.29) is 5.56 Å². The van der Waals surface area contributed by atoms with Crippen molar-refractivity contribution in [2.75, 3.05) is 43.2 Å². The molecule has 1 aliphatic heterocycles. The Morgan fingerprint density at radius 3 is 2.55 bits per heavy atom. The van der Waals surface area contributed by atoms with Crippen molar-refractivity contribution in [2.45, 2.75) is 20.0 Å². The SMILES string of the molecule is CCn1c(-c2n[nH]c(=O)c3ccccc23)nnc1N(C)Cc1ccccc1N1CCOCC1. The van der Waals surface area contributed by atoms with Gasteiger partial charge in [0.2, 0.25) is 5.95 Å². The van der Waals surface area contributed by atoms with Crippen molar-refractivity contribution in [2.24, 2.45) is 0 Å². The van der Waals surface area contributed by atoms with Gasteiger partial charge in [-0.15, -0.1) is 10.2 Å². The molecule has 0 saturated carbocycles. The lowest BCUT2D eigenvalue weighted by molar-refractivity contribution is 0.122. The van der Waals surface area contributed by atoms with Crippen LogP contribution in [0.2, 0.25) is 0 Å². The van der Waals surface area contributed by atoms with Crippen LogP contribution in [-0.2, 0) is 17.8 Å². The number of H-pyrrole nitrogens is 1. The quantitative estimate of drug-likeness (QED) is 0.488. The second-order valence-electron chi connectivity index (χ2n) is 8.10. The molecule has 33 heavy (non-hydrogen) atoms. The van der Waals surface area contributed by atoms with Crippen LogP contribution in [0.15, 0.2) is 53.3 Å². The van der Waals surface area contributed by atoms with Crippen molar-refractivity contribution in [1.29, 1.82) is 0 Å². The molecule has 0 radical (unpaired) electrons. The number of morpholine rings is 1. The van der Waals surface area contributed by atoms with Crippen LogP contribution < -0.4 is 15.4 Å². The Hall–Kier alpha value is -3.72. The normalized spacial score (nSPS) is 14.1. The molecule has 1 N–H and O–H groups in total. The summed E-state index contributed by atoms with van der Waals surface area (Å²) in [5, 5.41) is 17.2. The number of anilines is 2. The van der Waals surface area contributed by atoms with Crippen molar-refractivity contribution in [3.8, 4) is 11.5 Å². The number of hydrogen-bond acceptors (Lipinski definition) is 7. The van der Waals surface area contributed by atoms with E-state index in [1.54, 1.807) is 6.07 Å². The summed E-state index contributed by atoms with van der Waals surface area (Å²) in [7, 11) is 2.02. The maximum atomic E-state index is 12.2. The third-order valence-electron chi connectivity index (χ3n) is 6.05. The fourth-order valence-corrected chi connectivity index (χ4v) is 4.41. The van der Waals surface area contributed by atoms with E-state index in [2.05, 4.69) is 61.4 Å². The summed E-state index contributed by atoms with van der Waals surface area (Å²) in [5.74, 6) is 1.38. The van der Waals surface area contributed by atoms with Gasteiger partial charge in [-0.05, 0) is 24.6 Å². The summed E-state index contributed by atoms with van der Waals surface area (Å²) in [4.78, 5) is 16.7. The van der Waals surface area contributed by atoms with E-state index in [1.165, 1.54) is 11.3 Å². The van der Waals surface area contributed by atoms with Gasteiger partial charge in [-0.3, -0.25) is 9.36 Å². The summed E-state index contributed by atoms with van der Waals surface area (Å²) in [5.41, 5.74) is 2.85. The molecule has 0 unspecified atom stereocenters. The van der Waals surface area contributed by atoms with E-state index in [9.17, 15) is 4.79 Å².